The maximum Gasteiger partial charge on any atom is 0.0540 e. The summed E-state index contributed by atoms with van der Waals surface area (Å²) in [6.45, 7) is 0. The number of rotatable bonds is 0. The lowest BCUT2D eigenvalue weighted by molar-refractivity contribution is 1.35. The van der Waals surface area contributed by atoms with E-state index in [1.54, 1.807) is 12.1 Å². The van der Waals surface area contributed by atoms with E-state index in [0.29, 0.717) is 5.02 Å². The lowest BCUT2D eigenvalue weighted by Crippen LogP contribution is -1.68. The second kappa shape index (κ2) is 2.86. The Morgan fingerprint density at radius 1 is 1.22 bits per heavy atom. The van der Waals surface area contributed by atoms with Crippen LogP contribution in [-0.2, 0) is 0 Å². The van der Waals surface area contributed by atoms with Crippen molar-refractivity contribution in [2.24, 2.45) is 0 Å². The molecule has 0 unspecified atom stereocenters. The van der Waals surface area contributed by atoms with E-state index in [0.717, 1.165) is 9.79 Å². The van der Waals surface area contributed by atoms with Crippen molar-refractivity contribution in [3.8, 4) is 0 Å². The number of halogens is 1. The minimum Gasteiger partial charge on any atom is -0.143 e. The zero-order valence-corrected chi connectivity index (χ0v) is 7.05. The van der Waals surface area contributed by atoms with Crippen LogP contribution in [-0.4, -0.2) is 0 Å². The van der Waals surface area contributed by atoms with Crippen LogP contribution in [0.4, 0.5) is 0 Å². The third-order valence-electron chi connectivity index (χ3n) is 0.930. The van der Waals surface area contributed by atoms with E-state index >= 15 is 0 Å². The Bertz CT molecular complexity index is 222. The van der Waals surface area contributed by atoms with Gasteiger partial charge in [-0.1, -0.05) is 11.6 Å². The van der Waals surface area contributed by atoms with Gasteiger partial charge in [0, 0.05) is 9.79 Å². The van der Waals surface area contributed by atoms with Crippen LogP contribution in [0.2, 0.25) is 5.02 Å². The van der Waals surface area contributed by atoms with E-state index in [1.807, 2.05) is 6.07 Å². The first-order valence-electron chi connectivity index (χ1n) is 2.37. The number of benzene rings is 1. The average molecular weight is 177 g/mol. The van der Waals surface area contributed by atoms with Gasteiger partial charge in [-0.05, 0) is 18.2 Å². The maximum atomic E-state index is 5.67. The molecular formula is C6H5ClS2. The summed E-state index contributed by atoms with van der Waals surface area (Å²) in [5.74, 6) is 0. The topological polar surface area (TPSA) is 0 Å². The van der Waals surface area contributed by atoms with Crippen LogP contribution < -0.4 is 0 Å². The molecule has 0 N–H and O–H groups in total. The quantitative estimate of drug-likeness (QED) is 0.558. The first-order valence-corrected chi connectivity index (χ1v) is 3.65. The van der Waals surface area contributed by atoms with Gasteiger partial charge >= 0.3 is 0 Å². The summed E-state index contributed by atoms with van der Waals surface area (Å²) in [5.41, 5.74) is 0. The Balaban J connectivity index is 3.17. The normalized spacial score (nSPS) is 9.67. The van der Waals surface area contributed by atoms with Gasteiger partial charge in [-0.15, -0.1) is 25.3 Å². The van der Waals surface area contributed by atoms with E-state index in [2.05, 4.69) is 25.3 Å². The van der Waals surface area contributed by atoms with E-state index in [1.165, 1.54) is 0 Å². The van der Waals surface area contributed by atoms with Crippen molar-refractivity contribution >= 4 is 36.9 Å². The van der Waals surface area contributed by atoms with Crippen molar-refractivity contribution in [1.29, 1.82) is 0 Å². The Hall–Kier alpha value is 0.210. The Morgan fingerprint density at radius 3 is 2.33 bits per heavy atom. The number of thiol groups is 2. The molecule has 0 aliphatic carbocycles. The third kappa shape index (κ3) is 1.81. The van der Waals surface area contributed by atoms with Crippen LogP contribution >= 0.6 is 36.9 Å². The summed E-state index contributed by atoms with van der Waals surface area (Å²) in [5, 5.41) is 0.663. The summed E-state index contributed by atoms with van der Waals surface area (Å²) in [4.78, 5) is 1.65. The van der Waals surface area contributed by atoms with E-state index in [4.69, 9.17) is 11.6 Å². The van der Waals surface area contributed by atoms with Gasteiger partial charge in [-0.3, -0.25) is 0 Å². The molecule has 0 spiro atoms. The predicted molar refractivity (Wildman–Crippen MR) is 46.0 cm³/mol. The van der Waals surface area contributed by atoms with Crippen molar-refractivity contribution in [3.05, 3.63) is 23.2 Å². The molecular weight excluding hydrogens is 172 g/mol. The molecule has 0 heterocycles. The third-order valence-corrected chi connectivity index (χ3v) is 2.04. The fourth-order valence-electron chi connectivity index (χ4n) is 0.501. The van der Waals surface area contributed by atoms with Crippen LogP contribution in [0.25, 0.3) is 0 Å². The van der Waals surface area contributed by atoms with Crippen LogP contribution in [0, 0.1) is 0 Å². The molecule has 0 aliphatic rings. The average Bonchev–Trinajstić information content (AvgIpc) is 1.80. The highest BCUT2D eigenvalue weighted by Crippen LogP contribution is 2.21. The van der Waals surface area contributed by atoms with Gasteiger partial charge in [0.2, 0.25) is 0 Å². The van der Waals surface area contributed by atoms with Crippen molar-refractivity contribution < 1.29 is 0 Å². The molecule has 0 amide bonds. The van der Waals surface area contributed by atoms with Crippen LogP contribution in [0.3, 0.4) is 0 Å². The largest absolute Gasteiger partial charge is 0.143 e. The molecule has 0 aliphatic heterocycles. The molecule has 0 bridgehead atoms. The first kappa shape index (κ1) is 7.32. The van der Waals surface area contributed by atoms with Crippen LogP contribution in [0.1, 0.15) is 0 Å². The second-order valence-corrected chi connectivity index (χ2v) is 3.04. The van der Waals surface area contributed by atoms with Gasteiger partial charge in [0.25, 0.3) is 0 Å². The summed E-state index contributed by atoms with van der Waals surface area (Å²) < 4.78 is 0. The molecule has 0 saturated heterocycles. The molecule has 0 nitrogen and oxygen atoms in total. The van der Waals surface area contributed by atoms with Crippen LogP contribution in [0.5, 0.6) is 0 Å². The fraction of sp³-hybridized carbons (Fsp3) is 0. The molecule has 1 aromatic carbocycles. The maximum absolute atomic E-state index is 5.67. The Morgan fingerprint density at radius 2 is 1.89 bits per heavy atom. The molecule has 0 radical (unpaired) electrons. The summed E-state index contributed by atoms with van der Waals surface area (Å²) in [6.07, 6.45) is 0. The highest BCUT2D eigenvalue weighted by molar-refractivity contribution is 7.81. The van der Waals surface area contributed by atoms with Gasteiger partial charge in [0.15, 0.2) is 0 Å². The van der Waals surface area contributed by atoms with E-state index in [-0.39, 0.29) is 0 Å². The SMILES string of the molecule is Sc1ccc(Cl)c(S)c1. The van der Waals surface area contributed by atoms with Crippen LogP contribution in [0.15, 0.2) is 28.0 Å². The molecule has 0 atom stereocenters. The van der Waals surface area contributed by atoms with E-state index < -0.39 is 0 Å². The molecule has 0 fully saturated rings. The minimum atomic E-state index is 0.663. The lowest BCUT2D eigenvalue weighted by Gasteiger charge is -1.94. The van der Waals surface area contributed by atoms with Gasteiger partial charge in [-0.2, -0.15) is 0 Å². The zero-order valence-electron chi connectivity index (χ0n) is 4.50. The van der Waals surface area contributed by atoms with Gasteiger partial charge in [0.1, 0.15) is 0 Å². The number of hydrogen-bond acceptors (Lipinski definition) is 2. The van der Waals surface area contributed by atoms with Crippen molar-refractivity contribution in [2.75, 3.05) is 0 Å². The molecule has 48 valence electrons. The first-order chi connectivity index (χ1) is 4.20. The molecule has 1 rings (SSSR count). The molecule has 9 heavy (non-hydrogen) atoms. The lowest BCUT2D eigenvalue weighted by atomic mass is 10.4. The summed E-state index contributed by atoms with van der Waals surface area (Å²) in [7, 11) is 0. The van der Waals surface area contributed by atoms with E-state index in [9.17, 15) is 0 Å². The highest BCUT2D eigenvalue weighted by atomic mass is 35.5. The van der Waals surface area contributed by atoms with Crippen molar-refractivity contribution in [2.45, 2.75) is 9.79 Å². The van der Waals surface area contributed by atoms with Crippen molar-refractivity contribution in [1.82, 2.24) is 0 Å². The summed E-state index contributed by atoms with van der Waals surface area (Å²) >= 11 is 13.9. The number of hydrogen-bond donors (Lipinski definition) is 2. The second-order valence-electron chi connectivity index (χ2n) is 1.64. The molecule has 3 heteroatoms. The highest BCUT2D eigenvalue weighted by Gasteiger charge is 1.92. The minimum absolute atomic E-state index is 0.663. The molecule has 1 aromatic rings. The van der Waals surface area contributed by atoms with Gasteiger partial charge in [-0.25, -0.2) is 0 Å². The molecule has 0 aromatic heterocycles. The monoisotopic (exact) mass is 176 g/mol. The zero-order chi connectivity index (χ0) is 6.85. The Labute approximate surface area is 70.0 Å². The van der Waals surface area contributed by atoms with Crippen molar-refractivity contribution in [3.63, 3.8) is 0 Å². The van der Waals surface area contributed by atoms with Gasteiger partial charge in [0.05, 0.1) is 5.02 Å². The van der Waals surface area contributed by atoms with Gasteiger partial charge < -0.3 is 0 Å². The standard InChI is InChI=1S/C6H5ClS2/c7-5-2-1-4(8)3-6(5)9/h1-3,8-9H. The summed E-state index contributed by atoms with van der Waals surface area (Å²) in [6, 6.07) is 5.39. The fourth-order valence-corrected chi connectivity index (χ4v) is 1.14. The Kier molecular flexibility index (Phi) is 2.33. The molecule has 0 saturated carbocycles. The predicted octanol–water partition coefficient (Wildman–Crippen LogP) is 2.92. The smallest absolute Gasteiger partial charge is 0.0540 e.